The van der Waals surface area contributed by atoms with E-state index >= 15 is 0 Å². The molecule has 3 aromatic heterocycles. The highest BCUT2D eigenvalue weighted by Crippen LogP contribution is 2.38. The van der Waals surface area contributed by atoms with Crippen LogP contribution in [-0.4, -0.2) is 71.3 Å². The number of amides is 1. The Morgan fingerprint density at radius 2 is 1.97 bits per heavy atom. The molecule has 194 valence electrons. The van der Waals surface area contributed by atoms with E-state index < -0.39 is 0 Å². The van der Waals surface area contributed by atoms with Crippen LogP contribution in [0.2, 0.25) is 0 Å². The molecule has 0 unspecified atom stereocenters. The van der Waals surface area contributed by atoms with E-state index in [9.17, 15) is 4.79 Å². The third-order valence-corrected chi connectivity index (χ3v) is 6.15. The van der Waals surface area contributed by atoms with Crippen molar-refractivity contribution >= 4 is 34.4 Å². The van der Waals surface area contributed by atoms with E-state index in [1.165, 1.54) is 6.08 Å². The minimum Gasteiger partial charge on any atom is -0.494 e. The minimum atomic E-state index is -0.300. The lowest BCUT2D eigenvalue weighted by atomic mass is 10.2. The molecule has 0 atom stereocenters. The van der Waals surface area contributed by atoms with Gasteiger partial charge in [0.25, 0.3) is 0 Å². The van der Waals surface area contributed by atoms with Crippen LogP contribution in [0.25, 0.3) is 16.8 Å². The lowest BCUT2D eigenvalue weighted by Crippen LogP contribution is -2.29. The van der Waals surface area contributed by atoms with Crippen molar-refractivity contribution in [2.45, 2.75) is 6.92 Å². The third kappa shape index (κ3) is 5.59. The van der Waals surface area contributed by atoms with Gasteiger partial charge in [-0.25, -0.2) is 9.50 Å². The molecule has 0 fully saturated rings. The number of nitrogens with zero attached hydrogens (tertiary/aromatic N) is 6. The van der Waals surface area contributed by atoms with Crippen molar-refractivity contribution in [3.63, 3.8) is 0 Å². The molecule has 0 aliphatic heterocycles. The Labute approximate surface area is 217 Å². The number of carbonyl (C=O) groups excluding carboxylic acids is 1. The third-order valence-electron chi connectivity index (χ3n) is 6.15. The van der Waals surface area contributed by atoms with Crippen molar-refractivity contribution in [1.29, 1.82) is 0 Å². The van der Waals surface area contributed by atoms with Gasteiger partial charge in [0.15, 0.2) is 0 Å². The maximum absolute atomic E-state index is 12.2. The summed E-state index contributed by atoms with van der Waals surface area (Å²) in [5, 5.41) is 11.0. The molecule has 1 amide bonds. The van der Waals surface area contributed by atoms with Gasteiger partial charge in [-0.15, -0.1) is 5.10 Å². The first-order valence-corrected chi connectivity index (χ1v) is 12.0. The Morgan fingerprint density at radius 1 is 1.19 bits per heavy atom. The number of methoxy groups -OCH3 is 1. The Bertz CT molecular complexity index is 1440. The highest BCUT2D eigenvalue weighted by Gasteiger charge is 2.17. The first-order chi connectivity index (χ1) is 17.7. The molecule has 0 bridgehead atoms. The van der Waals surface area contributed by atoms with E-state index in [4.69, 9.17) is 9.84 Å². The maximum Gasteiger partial charge on any atom is 0.247 e. The summed E-state index contributed by atoms with van der Waals surface area (Å²) in [6, 6.07) is 7.88. The Morgan fingerprint density at radius 3 is 2.62 bits per heavy atom. The quantitative estimate of drug-likeness (QED) is 0.318. The molecule has 4 aromatic rings. The highest BCUT2D eigenvalue weighted by atomic mass is 16.5. The summed E-state index contributed by atoms with van der Waals surface area (Å²) in [4.78, 5) is 20.9. The van der Waals surface area contributed by atoms with Gasteiger partial charge < -0.3 is 29.7 Å². The van der Waals surface area contributed by atoms with E-state index in [2.05, 4.69) is 50.3 Å². The zero-order valence-electron chi connectivity index (χ0n) is 22.2. The van der Waals surface area contributed by atoms with Gasteiger partial charge in [0, 0.05) is 51.2 Å². The lowest BCUT2D eigenvalue weighted by molar-refractivity contribution is -0.111. The van der Waals surface area contributed by atoms with Crippen LogP contribution in [0.5, 0.6) is 5.75 Å². The number of likely N-dealkylation sites (N-methyl/N-ethyl adjacent to an activating group) is 2. The second-order valence-electron chi connectivity index (χ2n) is 9.27. The van der Waals surface area contributed by atoms with Crippen LogP contribution >= 0.6 is 0 Å². The van der Waals surface area contributed by atoms with Gasteiger partial charge >= 0.3 is 0 Å². The summed E-state index contributed by atoms with van der Waals surface area (Å²) in [6.45, 7) is 7.23. The predicted molar refractivity (Wildman–Crippen MR) is 149 cm³/mol. The SMILES string of the molecule is C=CC(=O)Nc1cc(Nc2ncc3c(C)cc(-c4ccn(C)c4)n3n2)c(OC)cc1N(C)CCN(C)C. The second-order valence-corrected chi connectivity index (χ2v) is 9.27. The van der Waals surface area contributed by atoms with Gasteiger partial charge in [0.1, 0.15) is 5.75 Å². The Kier molecular flexibility index (Phi) is 7.49. The number of benzene rings is 1. The number of aromatic nitrogens is 4. The molecule has 10 nitrogen and oxygen atoms in total. The topological polar surface area (TPSA) is 92.0 Å². The van der Waals surface area contributed by atoms with Crippen molar-refractivity contribution in [1.82, 2.24) is 24.1 Å². The van der Waals surface area contributed by atoms with Gasteiger partial charge in [-0.1, -0.05) is 6.58 Å². The number of ether oxygens (including phenoxy) is 1. The number of carbonyl (C=O) groups is 1. The van der Waals surface area contributed by atoms with Crippen molar-refractivity contribution in [3.05, 3.63) is 61.1 Å². The molecular formula is C27H34N8O2. The van der Waals surface area contributed by atoms with E-state index in [-0.39, 0.29) is 5.91 Å². The van der Waals surface area contributed by atoms with Gasteiger partial charge in [-0.05, 0) is 50.9 Å². The Hall–Kier alpha value is -4.31. The largest absolute Gasteiger partial charge is 0.494 e. The van der Waals surface area contributed by atoms with Gasteiger partial charge in [-0.3, -0.25) is 4.79 Å². The summed E-state index contributed by atoms with van der Waals surface area (Å²) in [6.07, 6.45) is 7.11. The molecule has 3 heterocycles. The molecule has 4 rings (SSSR count). The predicted octanol–water partition coefficient (Wildman–Crippen LogP) is 3.92. The summed E-state index contributed by atoms with van der Waals surface area (Å²) in [5.41, 5.74) is 6.11. The summed E-state index contributed by atoms with van der Waals surface area (Å²) in [7, 11) is 9.62. The fourth-order valence-electron chi connectivity index (χ4n) is 4.09. The van der Waals surface area contributed by atoms with Crippen LogP contribution in [-0.2, 0) is 11.8 Å². The van der Waals surface area contributed by atoms with E-state index in [0.717, 1.165) is 41.1 Å². The first-order valence-electron chi connectivity index (χ1n) is 12.0. The molecule has 2 N–H and O–H groups in total. The number of nitrogens with one attached hydrogen (secondary N) is 2. The zero-order chi connectivity index (χ0) is 26.7. The molecule has 0 saturated heterocycles. The second kappa shape index (κ2) is 10.8. The molecular weight excluding hydrogens is 468 g/mol. The molecule has 0 radical (unpaired) electrons. The van der Waals surface area contributed by atoms with Gasteiger partial charge in [-0.2, -0.15) is 0 Å². The van der Waals surface area contributed by atoms with Crippen LogP contribution < -0.4 is 20.3 Å². The van der Waals surface area contributed by atoms with Crippen molar-refractivity contribution in [2.75, 3.05) is 56.9 Å². The lowest BCUT2D eigenvalue weighted by Gasteiger charge is -2.25. The molecule has 10 heteroatoms. The van der Waals surface area contributed by atoms with Crippen LogP contribution in [0.1, 0.15) is 5.56 Å². The number of anilines is 4. The van der Waals surface area contributed by atoms with Crippen LogP contribution in [0, 0.1) is 6.92 Å². The van der Waals surface area contributed by atoms with Crippen molar-refractivity contribution in [3.8, 4) is 17.0 Å². The van der Waals surface area contributed by atoms with Crippen LogP contribution in [0.4, 0.5) is 23.0 Å². The number of fused-ring (bicyclic) bond motifs is 1. The number of aryl methyl sites for hydroxylation is 2. The summed E-state index contributed by atoms with van der Waals surface area (Å²) < 4.78 is 9.60. The molecule has 37 heavy (non-hydrogen) atoms. The minimum absolute atomic E-state index is 0.300. The number of hydrogen-bond acceptors (Lipinski definition) is 7. The van der Waals surface area contributed by atoms with E-state index in [0.29, 0.717) is 23.1 Å². The average molecular weight is 503 g/mol. The summed E-state index contributed by atoms with van der Waals surface area (Å²) in [5.74, 6) is 0.693. The van der Waals surface area contributed by atoms with Crippen LogP contribution in [0.3, 0.4) is 0 Å². The molecule has 0 saturated carbocycles. The maximum atomic E-state index is 12.2. The van der Waals surface area contributed by atoms with Gasteiger partial charge in [0.05, 0.1) is 41.6 Å². The monoisotopic (exact) mass is 502 g/mol. The van der Waals surface area contributed by atoms with E-state index in [1.807, 2.05) is 62.5 Å². The number of hydrogen-bond donors (Lipinski definition) is 2. The fraction of sp³-hybridized carbons (Fsp3) is 0.296. The summed E-state index contributed by atoms with van der Waals surface area (Å²) >= 11 is 0. The molecule has 0 aliphatic carbocycles. The van der Waals surface area contributed by atoms with Crippen LogP contribution in [0.15, 0.2) is 55.5 Å². The highest BCUT2D eigenvalue weighted by molar-refractivity contribution is 6.02. The van der Waals surface area contributed by atoms with Crippen molar-refractivity contribution < 1.29 is 9.53 Å². The normalized spacial score (nSPS) is 11.1. The van der Waals surface area contributed by atoms with Crippen molar-refractivity contribution in [2.24, 2.45) is 7.05 Å². The molecule has 0 aliphatic rings. The standard InChI is InChI=1S/C27H34N8O2/c1-8-26(36)29-20-14-21(25(37-7)15-23(20)34(6)12-11-32(3)4)30-27-28-16-24-18(2)13-22(35(24)31-27)19-9-10-33(5)17-19/h8-10,13-17H,1,11-12H2,2-7H3,(H,29,36)(H,30,31). The molecule has 1 aromatic carbocycles. The average Bonchev–Trinajstić information content (AvgIpc) is 3.45. The van der Waals surface area contributed by atoms with E-state index in [1.54, 1.807) is 13.3 Å². The van der Waals surface area contributed by atoms with Gasteiger partial charge in [0.2, 0.25) is 11.9 Å². The smallest absolute Gasteiger partial charge is 0.247 e. The fourth-order valence-corrected chi connectivity index (χ4v) is 4.09. The Balaban J connectivity index is 1.74. The molecule has 0 spiro atoms. The number of rotatable bonds is 10. The zero-order valence-corrected chi connectivity index (χ0v) is 22.2. The first kappa shape index (κ1) is 25.8.